The first-order chi connectivity index (χ1) is 8.74. The zero-order valence-corrected chi connectivity index (χ0v) is 10.5. The van der Waals surface area contributed by atoms with Gasteiger partial charge in [0.1, 0.15) is 0 Å². The molecule has 0 amide bonds. The molecule has 1 aliphatic rings. The molecule has 1 heterocycles. The van der Waals surface area contributed by atoms with Crippen molar-refractivity contribution in [3.8, 4) is 0 Å². The van der Waals surface area contributed by atoms with Gasteiger partial charge in [0.2, 0.25) is 6.29 Å². The van der Waals surface area contributed by atoms with Crippen molar-refractivity contribution in [2.24, 2.45) is 0 Å². The number of carbonyl (C=O) groups is 1. The van der Waals surface area contributed by atoms with Crippen LogP contribution in [0.1, 0.15) is 31.7 Å². The normalized spacial score (nSPS) is 23.6. The largest absolute Gasteiger partial charge is 0.433 e. The van der Waals surface area contributed by atoms with Gasteiger partial charge in [-0.25, -0.2) is 4.89 Å². The summed E-state index contributed by atoms with van der Waals surface area (Å²) in [5.41, 5.74) is 1.29. The molecule has 0 aliphatic carbocycles. The summed E-state index contributed by atoms with van der Waals surface area (Å²) in [6, 6.07) is 10.3. The lowest BCUT2D eigenvalue weighted by molar-refractivity contribution is -0.414. The van der Waals surface area contributed by atoms with E-state index in [4.69, 9.17) is 14.5 Å². The third-order valence-electron chi connectivity index (χ3n) is 2.92. The summed E-state index contributed by atoms with van der Waals surface area (Å²) >= 11 is 0. The average Bonchev–Trinajstić information content (AvgIpc) is 2.38. The lowest BCUT2D eigenvalue weighted by Crippen LogP contribution is -2.30. The Morgan fingerprint density at radius 3 is 2.67 bits per heavy atom. The molecule has 0 spiro atoms. The number of rotatable bonds is 4. The van der Waals surface area contributed by atoms with Gasteiger partial charge in [-0.3, -0.25) is 4.79 Å². The number of hydrogen-bond donors (Lipinski definition) is 0. The van der Waals surface area contributed by atoms with Crippen LogP contribution in [0.2, 0.25) is 0 Å². The highest BCUT2D eigenvalue weighted by Gasteiger charge is 2.24. The number of aryl methyl sites for hydroxylation is 1. The summed E-state index contributed by atoms with van der Waals surface area (Å²) in [6.07, 6.45) is 2.96. The van der Waals surface area contributed by atoms with Gasteiger partial charge < -0.3 is 4.74 Å². The van der Waals surface area contributed by atoms with Gasteiger partial charge in [-0.05, 0) is 24.8 Å². The number of carbonyl (C=O) groups excluding carboxylic acids is 1. The lowest BCUT2D eigenvalue weighted by Gasteiger charge is -2.27. The van der Waals surface area contributed by atoms with Gasteiger partial charge in [-0.15, -0.1) is 0 Å². The molecule has 4 nitrogen and oxygen atoms in total. The topological polar surface area (TPSA) is 44.8 Å². The Balaban J connectivity index is 1.69. The molecule has 4 heteroatoms. The minimum absolute atomic E-state index is 0.0806. The van der Waals surface area contributed by atoms with Crippen LogP contribution < -0.4 is 0 Å². The maximum atomic E-state index is 10.7. The second-order valence-electron chi connectivity index (χ2n) is 4.46. The Morgan fingerprint density at radius 2 is 2.06 bits per heavy atom. The minimum Gasteiger partial charge on any atom is -0.433 e. The second-order valence-corrected chi connectivity index (χ2v) is 4.46. The molecule has 1 saturated heterocycles. The van der Waals surface area contributed by atoms with Crippen LogP contribution in [0.3, 0.4) is 0 Å². The van der Waals surface area contributed by atoms with Crippen LogP contribution >= 0.6 is 0 Å². The van der Waals surface area contributed by atoms with Gasteiger partial charge >= 0.3 is 5.97 Å². The Bertz CT molecular complexity index is 369. The quantitative estimate of drug-likeness (QED) is 0.608. The van der Waals surface area contributed by atoms with E-state index >= 15 is 0 Å². The zero-order valence-electron chi connectivity index (χ0n) is 10.5. The Labute approximate surface area is 107 Å². The van der Waals surface area contributed by atoms with Crippen LogP contribution in [0.4, 0.5) is 0 Å². The standard InChI is InChI=1S/C14H18O4/c1-11(15)16-14-10-9-13(17-18-14)8-7-12-5-3-2-4-6-12/h2-6,13-14H,7-10H2,1H3. The van der Waals surface area contributed by atoms with E-state index in [0.29, 0.717) is 6.42 Å². The van der Waals surface area contributed by atoms with E-state index in [0.717, 1.165) is 19.3 Å². The first-order valence-corrected chi connectivity index (χ1v) is 6.27. The molecule has 1 aromatic carbocycles. The fourth-order valence-electron chi connectivity index (χ4n) is 1.99. The van der Waals surface area contributed by atoms with Crippen molar-refractivity contribution in [1.82, 2.24) is 0 Å². The maximum absolute atomic E-state index is 10.7. The molecule has 2 rings (SSSR count). The van der Waals surface area contributed by atoms with Crippen molar-refractivity contribution in [1.29, 1.82) is 0 Å². The average molecular weight is 250 g/mol. The fraction of sp³-hybridized carbons (Fsp3) is 0.500. The summed E-state index contributed by atoms with van der Waals surface area (Å²) in [4.78, 5) is 21.0. The highest BCUT2D eigenvalue weighted by Crippen LogP contribution is 2.21. The van der Waals surface area contributed by atoms with Crippen molar-refractivity contribution < 1.29 is 19.3 Å². The third kappa shape index (κ3) is 4.13. The van der Waals surface area contributed by atoms with E-state index < -0.39 is 6.29 Å². The molecule has 0 saturated carbocycles. The van der Waals surface area contributed by atoms with E-state index in [-0.39, 0.29) is 12.1 Å². The molecule has 1 fully saturated rings. The van der Waals surface area contributed by atoms with E-state index in [1.165, 1.54) is 12.5 Å². The summed E-state index contributed by atoms with van der Waals surface area (Å²) in [6.45, 7) is 1.37. The molecule has 18 heavy (non-hydrogen) atoms. The van der Waals surface area contributed by atoms with Gasteiger partial charge in [0.05, 0.1) is 6.10 Å². The van der Waals surface area contributed by atoms with E-state index in [2.05, 4.69) is 12.1 Å². The molecule has 1 aromatic rings. The number of ether oxygens (including phenoxy) is 1. The molecule has 0 bridgehead atoms. The van der Waals surface area contributed by atoms with Crippen LogP contribution in [-0.2, 0) is 25.7 Å². The molecule has 1 aliphatic heterocycles. The van der Waals surface area contributed by atoms with E-state index in [1.54, 1.807) is 0 Å². The first kappa shape index (κ1) is 13.1. The van der Waals surface area contributed by atoms with E-state index in [9.17, 15) is 4.79 Å². The Morgan fingerprint density at radius 1 is 1.28 bits per heavy atom. The SMILES string of the molecule is CC(=O)OC1CCC(CCc2ccccc2)OO1. The summed E-state index contributed by atoms with van der Waals surface area (Å²) in [5.74, 6) is -0.341. The van der Waals surface area contributed by atoms with Crippen molar-refractivity contribution in [2.45, 2.75) is 45.0 Å². The molecule has 0 radical (unpaired) electrons. The highest BCUT2D eigenvalue weighted by atomic mass is 17.2. The Hall–Kier alpha value is -1.39. The molecule has 0 aromatic heterocycles. The highest BCUT2D eigenvalue weighted by molar-refractivity contribution is 5.66. The van der Waals surface area contributed by atoms with Gasteiger partial charge in [0.15, 0.2) is 0 Å². The Kier molecular flexibility index (Phi) is 4.73. The van der Waals surface area contributed by atoms with E-state index in [1.807, 2.05) is 18.2 Å². The molecular weight excluding hydrogens is 232 g/mol. The third-order valence-corrected chi connectivity index (χ3v) is 2.92. The van der Waals surface area contributed by atoms with Crippen LogP contribution in [0.15, 0.2) is 30.3 Å². The maximum Gasteiger partial charge on any atom is 0.305 e. The van der Waals surface area contributed by atoms with Crippen molar-refractivity contribution in [3.05, 3.63) is 35.9 Å². The monoisotopic (exact) mass is 250 g/mol. The smallest absolute Gasteiger partial charge is 0.305 e. The second kappa shape index (κ2) is 6.52. The number of esters is 1. The zero-order chi connectivity index (χ0) is 12.8. The molecule has 2 atom stereocenters. The van der Waals surface area contributed by atoms with Gasteiger partial charge in [0, 0.05) is 13.3 Å². The predicted octanol–water partition coefficient (Wildman–Crippen LogP) is 2.62. The number of hydrogen-bond acceptors (Lipinski definition) is 4. The molecule has 98 valence electrons. The minimum atomic E-state index is -0.546. The first-order valence-electron chi connectivity index (χ1n) is 6.27. The lowest BCUT2D eigenvalue weighted by atomic mass is 10.0. The molecular formula is C14H18O4. The fourth-order valence-corrected chi connectivity index (χ4v) is 1.99. The van der Waals surface area contributed by atoms with Gasteiger partial charge in [0.25, 0.3) is 0 Å². The van der Waals surface area contributed by atoms with Gasteiger partial charge in [-0.1, -0.05) is 30.3 Å². The summed E-state index contributed by atoms with van der Waals surface area (Å²) < 4.78 is 4.92. The van der Waals surface area contributed by atoms with Gasteiger partial charge in [-0.2, -0.15) is 4.89 Å². The van der Waals surface area contributed by atoms with Crippen LogP contribution in [0, 0.1) is 0 Å². The predicted molar refractivity (Wildman–Crippen MR) is 65.5 cm³/mol. The van der Waals surface area contributed by atoms with Crippen molar-refractivity contribution in [3.63, 3.8) is 0 Å². The summed E-state index contributed by atoms with van der Waals surface area (Å²) in [5, 5.41) is 0. The van der Waals surface area contributed by atoms with Crippen LogP contribution in [0.5, 0.6) is 0 Å². The molecule has 0 N–H and O–H groups in total. The van der Waals surface area contributed by atoms with Crippen molar-refractivity contribution >= 4 is 5.97 Å². The van der Waals surface area contributed by atoms with Crippen LogP contribution in [-0.4, -0.2) is 18.4 Å². The van der Waals surface area contributed by atoms with Crippen LogP contribution in [0.25, 0.3) is 0 Å². The number of benzene rings is 1. The van der Waals surface area contributed by atoms with Crippen molar-refractivity contribution in [2.75, 3.05) is 0 Å². The molecule has 2 unspecified atom stereocenters. The summed E-state index contributed by atoms with van der Waals surface area (Å²) in [7, 11) is 0.